The van der Waals surface area contributed by atoms with Gasteiger partial charge in [-0.05, 0) is 0 Å². The SMILES string of the molecule is SC(S)C1CSCS1. The second-order valence-corrected chi connectivity index (χ2v) is 5.75. The van der Waals surface area contributed by atoms with E-state index in [1.807, 2.05) is 23.5 Å². The average molecular weight is 184 g/mol. The predicted molar refractivity (Wildman–Crippen MR) is 50.5 cm³/mol. The van der Waals surface area contributed by atoms with E-state index in [1.165, 1.54) is 10.8 Å². The van der Waals surface area contributed by atoms with E-state index in [2.05, 4.69) is 25.3 Å². The van der Waals surface area contributed by atoms with Crippen LogP contribution in [0.25, 0.3) is 0 Å². The topological polar surface area (TPSA) is 0 Å². The Morgan fingerprint density at radius 1 is 1.50 bits per heavy atom. The molecule has 0 nitrogen and oxygen atoms in total. The maximum Gasteiger partial charge on any atom is 0.0569 e. The molecule has 1 aliphatic heterocycles. The molecular formula is C4H8S4. The normalized spacial score (nSPS) is 29.6. The van der Waals surface area contributed by atoms with Crippen molar-refractivity contribution in [1.82, 2.24) is 0 Å². The van der Waals surface area contributed by atoms with Gasteiger partial charge in [-0.1, -0.05) is 0 Å². The summed E-state index contributed by atoms with van der Waals surface area (Å²) in [6, 6.07) is 0. The van der Waals surface area contributed by atoms with Crippen LogP contribution < -0.4 is 0 Å². The minimum atomic E-state index is 0.273. The molecule has 48 valence electrons. The van der Waals surface area contributed by atoms with Crippen molar-refractivity contribution in [2.24, 2.45) is 0 Å². The van der Waals surface area contributed by atoms with Crippen molar-refractivity contribution >= 4 is 48.8 Å². The van der Waals surface area contributed by atoms with Crippen LogP contribution in [0.4, 0.5) is 0 Å². The van der Waals surface area contributed by atoms with Gasteiger partial charge in [0.05, 0.1) is 4.58 Å². The molecular weight excluding hydrogens is 176 g/mol. The number of rotatable bonds is 1. The first kappa shape index (κ1) is 7.51. The molecule has 0 aromatic rings. The largest absolute Gasteiger partial charge is 0.164 e. The molecule has 1 fully saturated rings. The Bertz CT molecular complexity index is 66.4. The van der Waals surface area contributed by atoms with Crippen LogP contribution in [-0.4, -0.2) is 20.7 Å². The maximum atomic E-state index is 4.22. The molecule has 1 heterocycles. The van der Waals surface area contributed by atoms with Crippen LogP contribution in [0.5, 0.6) is 0 Å². The maximum absolute atomic E-state index is 4.22. The average Bonchev–Trinajstić information content (AvgIpc) is 2.12. The Labute approximate surface area is 69.4 Å². The first-order valence-corrected chi connectivity index (χ1v) is 5.60. The molecule has 1 unspecified atom stereocenters. The van der Waals surface area contributed by atoms with E-state index in [1.54, 1.807) is 0 Å². The van der Waals surface area contributed by atoms with Gasteiger partial charge in [0.25, 0.3) is 0 Å². The Morgan fingerprint density at radius 2 is 2.25 bits per heavy atom. The lowest BCUT2D eigenvalue weighted by atomic mass is 10.5. The Hall–Kier alpha value is 1.40. The molecule has 0 N–H and O–H groups in total. The fraction of sp³-hybridized carbons (Fsp3) is 1.00. The van der Waals surface area contributed by atoms with Crippen LogP contribution >= 0.6 is 48.8 Å². The molecule has 0 aromatic carbocycles. The lowest BCUT2D eigenvalue weighted by Crippen LogP contribution is -2.10. The molecule has 1 aliphatic rings. The second kappa shape index (κ2) is 3.54. The molecule has 4 heteroatoms. The summed E-state index contributed by atoms with van der Waals surface area (Å²) in [6.45, 7) is 0. The molecule has 0 spiro atoms. The van der Waals surface area contributed by atoms with Crippen LogP contribution in [0.3, 0.4) is 0 Å². The third kappa shape index (κ3) is 1.97. The van der Waals surface area contributed by atoms with E-state index in [-0.39, 0.29) is 4.58 Å². The zero-order valence-electron chi connectivity index (χ0n) is 4.28. The van der Waals surface area contributed by atoms with Crippen molar-refractivity contribution in [1.29, 1.82) is 0 Å². The molecule has 0 amide bonds. The summed E-state index contributed by atoms with van der Waals surface area (Å²) in [4.78, 5) is 0. The van der Waals surface area contributed by atoms with Crippen molar-refractivity contribution in [2.45, 2.75) is 9.83 Å². The molecule has 8 heavy (non-hydrogen) atoms. The number of hydrogen-bond donors (Lipinski definition) is 2. The van der Waals surface area contributed by atoms with Gasteiger partial charge in [-0.3, -0.25) is 0 Å². The van der Waals surface area contributed by atoms with E-state index < -0.39 is 0 Å². The van der Waals surface area contributed by atoms with Crippen LogP contribution in [0, 0.1) is 0 Å². The van der Waals surface area contributed by atoms with Crippen molar-refractivity contribution in [3.05, 3.63) is 0 Å². The van der Waals surface area contributed by atoms with E-state index in [0.29, 0.717) is 5.25 Å². The smallest absolute Gasteiger partial charge is 0.0569 e. The quantitative estimate of drug-likeness (QED) is 0.472. The van der Waals surface area contributed by atoms with E-state index in [9.17, 15) is 0 Å². The third-order valence-electron chi connectivity index (χ3n) is 0.980. The van der Waals surface area contributed by atoms with Gasteiger partial charge in [-0.2, -0.15) is 25.3 Å². The van der Waals surface area contributed by atoms with Crippen LogP contribution in [0.2, 0.25) is 0 Å². The minimum Gasteiger partial charge on any atom is -0.164 e. The lowest BCUT2D eigenvalue weighted by molar-refractivity contribution is 1.13. The van der Waals surface area contributed by atoms with Crippen LogP contribution in [0.15, 0.2) is 0 Å². The van der Waals surface area contributed by atoms with Crippen LogP contribution in [-0.2, 0) is 0 Å². The molecule has 1 atom stereocenters. The van der Waals surface area contributed by atoms with E-state index in [0.717, 1.165) is 0 Å². The zero-order chi connectivity index (χ0) is 5.98. The number of hydrogen-bond acceptors (Lipinski definition) is 4. The second-order valence-electron chi connectivity index (χ2n) is 1.61. The Balaban J connectivity index is 2.24. The van der Waals surface area contributed by atoms with Crippen LogP contribution in [0.1, 0.15) is 0 Å². The van der Waals surface area contributed by atoms with Crippen molar-refractivity contribution in [3.8, 4) is 0 Å². The number of thioether (sulfide) groups is 2. The summed E-state index contributed by atoms with van der Waals surface area (Å²) in [7, 11) is 0. The molecule has 0 aromatic heterocycles. The molecule has 0 saturated carbocycles. The summed E-state index contributed by atoms with van der Waals surface area (Å²) in [6.07, 6.45) is 0. The summed E-state index contributed by atoms with van der Waals surface area (Å²) < 4.78 is 0.273. The predicted octanol–water partition coefficient (Wildman–Crippen LogP) is 1.98. The van der Waals surface area contributed by atoms with E-state index in [4.69, 9.17) is 0 Å². The molecule has 1 saturated heterocycles. The Kier molecular flexibility index (Phi) is 3.32. The van der Waals surface area contributed by atoms with Crippen molar-refractivity contribution in [2.75, 3.05) is 10.8 Å². The molecule has 0 radical (unpaired) electrons. The van der Waals surface area contributed by atoms with Gasteiger partial charge in [0.15, 0.2) is 0 Å². The highest BCUT2D eigenvalue weighted by molar-refractivity contribution is 8.20. The zero-order valence-corrected chi connectivity index (χ0v) is 7.70. The van der Waals surface area contributed by atoms with Gasteiger partial charge in [0.1, 0.15) is 0 Å². The first-order chi connectivity index (χ1) is 3.80. The van der Waals surface area contributed by atoms with Crippen molar-refractivity contribution in [3.63, 3.8) is 0 Å². The van der Waals surface area contributed by atoms with Gasteiger partial charge in [-0.15, -0.1) is 23.5 Å². The monoisotopic (exact) mass is 184 g/mol. The molecule has 0 aliphatic carbocycles. The molecule has 0 bridgehead atoms. The fourth-order valence-electron chi connectivity index (χ4n) is 0.520. The third-order valence-corrected chi connectivity index (χ3v) is 4.99. The van der Waals surface area contributed by atoms with Gasteiger partial charge < -0.3 is 0 Å². The van der Waals surface area contributed by atoms with Gasteiger partial charge in [0, 0.05) is 16.1 Å². The highest BCUT2D eigenvalue weighted by atomic mass is 32.2. The summed E-state index contributed by atoms with van der Waals surface area (Å²) >= 11 is 12.4. The summed E-state index contributed by atoms with van der Waals surface area (Å²) in [5.74, 6) is 1.22. The highest BCUT2D eigenvalue weighted by Gasteiger charge is 2.19. The first-order valence-electron chi connectivity index (χ1n) is 2.36. The summed E-state index contributed by atoms with van der Waals surface area (Å²) in [5, 5.41) is 1.90. The van der Waals surface area contributed by atoms with E-state index >= 15 is 0 Å². The van der Waals surface area contributed by atoms with Gasteiger partial charge >= 0.3 is 0 Å². The highest BCUT2D eigenvalue weighted by Crippen LogP contribution is 2.34. The Morgan fingerprint density at radius 3 is 2.50 bits per heavy atom. The molecule has 1 rings (SSSR count). The van der Waals surface area contributed by atoms with Crippen molar-refractivity contribution < 1.29 is 0 Å². The minimum absolute atomic E-state index is 0.273. The van der Waals surface area contributed by atoms with Gasteiger partial charge in [0.2, 0.25) is 0 Å². The van der Waals surface area contributed by atoms with Gasteiger partial charge in [-0.25, -0.2) is 0 Å². The summed E-state index contributed by atoms with van der Waals surface area (Å²) in [5.41, 5.74) is 0. The number of thiol groups is 2. The lowest BCUT2D eigenvalue weighted by Gasteiger charge is -2.08. The standard InChI is InChI=1S/C4H8S4/c5-4(6)3-1-7-2-8-3/h3-6H,1-2H2. The fourth-order valence-corrected chi connectivity index (χ4v) is 4.27.